The molecule has 0 bridgehead atoms. The molecule has 2 aromatic carbocycles. The summed E-state index contributed by atoms with van der Waals surface area (Å²) < 4.78 is 0. The topological polar surface area (TPSA) is 75.8 Å². The summed E-state index contributed by atoms with van der Waals surface area (Å²) >= 11 is 0. The van der Waals surface area contributed by atoms with Crippen LogP contribution < -0.4 is 11.5 Å². The molecule has 2 aromatic rings. The fraction of sp³-hybridized carbons (Fsp3) is 0.0833. The molecule has 4 N–H and O–H groups in total. The van der Waals surface area contributed by atoms with Gasteiger partial charge < -0.3 is 11.5 Å². The summed E-state index contributed by atoms with van der Waals surface area (Å²) in [7, 11) is 0. The van der Waals surface area contributed by atoms with E-state index < -0.39 is 6.04 Å². The average Bonchev–Trinajstić information content (AvgIpc) is 2.29. The summed E-state index contributed by atoms with van der Waals surface area (Å²) in [5.74, 6) is 0. The Kier molecular flexibility index (Phi) is 2.28. The van der Waals surface area contributed by atoms with Crippen LogP contribution in [-0.2, 0) is 0 Å². The SMILES string of the molecule is N#CC(N)c1ccc2ccccc2c1N. The Bertz CT molecular complexity index is 540. The maximum Gasteiger partial charge on any atom is 0.120 e. The summed E-state index contributed by atoms with van der Waals surface area (Å²) in [5.41, 5.74) is 12.9. The molecule has 0 saturated carbocycles. The normalized spacial score (nSPS) is 12.3. The Labute approximate surface area is 87.9 Å². The number of nitriles is 1. The van der Waals surface area contributed by atoms with Gasteiger partial charge in [-0.2, -0.15) is 5.26 Å². The molecule has 3 heteroatoms. The predicted octanol–water partition coefficient (Wildman–Crippen LogP) is 1.95. The highest BCUT2D eigenvalue weighted by atomic mass is 14.7. The molecule has 1 atom stereocenters. The van der Waals surface area contributed by atoms with E-state index in [2.05, 4.69) is 0 Å². The van der Waals surface area contributed by atoms with Crippen molar-refractivity contribution in [1.29, 1.82) is 5.26 Å². The largest absolute Gasteiger partial charge is 0.398 e. The van der Waals surface area contributed by atoms with E-state index in [1.165, 1.54) is 0 Å². The molecule has 74 valence electrons. The molecular weight excluding hydrogens is 186 g/mol. The van der Waals surface area contributed by atoms with Gasteiger partial charge in [0, 0.05) is 16.6 Å². The number of rotatable bonds is 1. The molecule has 0 spiro atoms. The van der Waals surface area contributed by atoms with Crippen molar-refractivity contribution >= 4 is 16.5 Å². The summed E-state index contributed by atoms with van der Waals surface area (Å²) in [6.07, 6.45) is 0. The lowest BCUT2D eigenvalue weighted by Crippen LogP contribution is -2.10. The Morgan fingerprint density at radius 1 is 1.13 bits per heavy atom. The highest BCUT2D eigenvalue weighted by Crippen LogP contribution is 2.27. The van der Waals surface area contributed by atoms with E-state index in [0.717, 1.165) is 10.8 Å². The number of nitrogens with zero attached hydrogens (tertiary/aromatic N) is 1. The second-order valence-electron chi connectivity index (χ2n) is 3.40. The number of nitrogens with two attached hydrogens (primary N) is 2. The Morgan fingerprint density at radius 3 is 2.60 bits per heavy atom. The van der Waals surface area contributed by atoms with Gasteiger partial charge in [0.1, 0.15) is 6.04 Å². The molecule has 0 fully saturated rings. The van der Waals surface area contributed by atoms with Gasteiger partial charge in [-0.3, -0.25) is 0 Å². The van der Waals surface area contributed by atoms with E-state index in [9.17, 15) is 0 Å². The second-order valence-corrected chi connectivity index (χ2v) is 3.40. The highest BCUT2D eigenvalue weighted by Gasteiger charge is 2.10. The zero-order valence-electron chi connectivity index (χ0n) is 8.14. The molecule has 3 nitrogen and oxygen atoms in total. The lowest BCUT2D eigenvalue weighted by molar-refractivity contribution is 0.932. The maximum absolute atomic E-state index is 8.75. The van der Waals surface area contributed by atoms with Crippen molar-refractivity contribution in [3.8, 4) is 6.07 Å². The first kappa shape index (κ1) is 9.50. The van der Waals surface area contributed by atoms with E-state index in [0.29, 0.717) is 11.3 Å². The van der Waals surface area contributed by atoms with Crippen molar-refractivity contribution in [2.45, 2.75) is 6.04 Å². The van der Waals surface area contributed by atoms with Crippen LogP contribution in [0.4, 0.5) is 5.69 Å². The van der Waals surface area contributed by atoms with Crippen LogP contribution in [0, 0.1) is 11.3 Å². The fourth-order valence-electron chi connectivity index (χ4n) is 1.65. The van der Waals surface area contributed by atoms with E-state index >= 15 is 0 Å². The molecule has 0 amide bonds. The molecule has 0 aliphatic carbocycles. The summed E-state index contributed by atoms with van der Waals surface area (Å²) in [6, 6.07) is 12.8. The quantitative estimate of drug-likeness (QED) is 0.686. The molecule has 0 aromatic heterocycles. The lowest BCUT2D eigenvalue weighted by atomic mass is 10.0. The number of nitrogen functional groups attached to an aromatic ring is 1. The van der Waals surface area contributed by atoms with E-state index in [1.807, 2.05) is 42.5 Å². The zero-order valence-corrected chi connectivity index (χ0v) is 8.14. The third-order valence-corrected chi connectivity index (χ3v) is 2.48. The second kappa shape index (κ2) is 3.60. The first-order valence-electron chi connectivity index (χ1n) is 4.66. The zero-order chi connectivity index (χ0) is 10.8. The summed E-state index contributed by atoms with van der Waals surface area (Å²) in [5, 5.41) is 10.8. The highest BCUT2D eigenvalue weighted by molar-refractivity contribution is 5.94. The van der Waals surface area contributed by atoms with Crippen molar-refractivity contribution in [2.24, 2.45) is 5.73 Å². The Morgan fingerprint density at radius 2 is 1.87 bits per heavy atom. The van der Waals surface area contributed by atoms with Crippen LogP contribution in [0.5, 0.6) is 0 Å². The van der Waals surface area contributed by atoms with Gasteiger partial charge in [0.05, 0.1) is 6.07 Å². The number of hydrogen-bond donors (Lipinski definition) is 2. The minimum atomic E-state index is -0.658. The van der Waals surface area contributed by atoms with Crippen LogP contribution >= 0.6 is 0 Å². The smallest absolute Gasteiger partial charge is 0.120 e. The third-order valence-electron chi connectivity index (χ3n) is 2.48. The van der Waals surface area contributed by atoms with Crippen molar-refractivity contribution in [3.05, 3.63) is 42.0 Å². The van der Waals surface area contributed by atoms with Crippen molar-refractivity contribution in [2.75, 3.05) is 5.73 Å². The van der Waals surface area contributed by atoms with Crippen LogP contribution in [-0.4, -0.2) is 0 Å². The number of benzene rings is 2. The molecular formula is C12H11N3. The number of hydrogen-bond acceptors (Lipinski definition) is 3. The van der Waals surface area contributed by atoms with Crippen LogP contribution in [0.15, 0.2) is 36.4 Å². The molecule has 2 rings (SSSR count). The third kappa shape index (κ3) is 1.51. The van der Waals surface area contributed by atoms with Gasteiger partial charge in [0.15, 0.2) is 0 Å². The standard InChI is InChI=1S/C12H11N3/c13-7-11(14)10-6-5-8-3-1-2-4-9(8)12(10)15/h1-6,11H,14-15H2. The first-order chi connectivity index (χ1) is 7.24. The number of anilines is 1. The molecule has 0 radical (unpaired) electrons. The van der Waals surface area contributed by atoms with Crippen molar-refractivity contribution in [1.82, 2.24) is 0 Å². The predicted molar refractivity (Wildman–Crippen MR) is 60.9 cm³/mol. The van der Waals surface area contributed by atoms with Gasteiger partial charge in [-0.25, -0.2) is 0 Å². The minimum Gasteiger partial charge on any atom is -0.398 e. The molecule has 0 heterocycles. The molecule has 0 aliphatic heterocycles. The van der Waals surface area contributed by atoms with Crippen molar-refractivity contribution in [3.63, 3.8) is 0 Å². The van der Waals surface area contributed by atoms with Gasteiger partial charge in [0.2, 0.25) is 0 Å². The molecule has 15 heavy (non-hydrogen) atoms. The first-order valence-corrected chi connectivity index (χ1v) is 4.66. The van der Waals surface area contributed by atoms with Crippen LogP contribution in [0.2, 0.25) is 0 Å². The van der Waals surface area contributed by atoms with Gasteiger partial charge in [-0.15, -0.1) is 0 Å². The maximum atomic E-state index is 8.75. The van der Waals surface area contributed by atoms with Gasteiger partial charge in [0.25, 0.3) is 0 Å². The monoisotopic (exact) mass is 197 g/mol. The average molecular weight is 197 g/mol. The van der Waals surface area contributed by atoms with E-state index in [4.69, 9.17) is 16.7 Å². The minimum absolute atomic E-state index is 0.599. The number of fused-ring (bicyclic) bond motifs is 1. The van der Waals surface area contributed by atoms with Crippen LogP contribution in [0.1, 0.15) is 11.6 Å². The van der Waals surface area contributed by atoms with E-state index in [1.54, 1.807) is 0 Å². The summed E-state index contributed by atoms with van der Waals surface area (Å²) in [6.45, 7) is 0. The van der Waals surface area contributed by atoms with Crippen LogP contribution in [0.25, 0.3) is 10.8 Å². The summed E-state index contributed by atoms with van der Waals surface area (Å²) in [4.78, 5) is 0. The van der Waals surface area contributed by atoms with Gasteiger partial charge in [-0.1, -0.05) is 36.4 Å². The molecule has 0 saturated heterocycles. The van der Waals surface area contributed by atoms with E-state index in [-0.39, 0.29) is 0 Å². The Balaban J connectivity index is 2.71. The van der Waals surface area contributed by atoms with Gasteiger partial charge >= 0.3 is 0 Å². The lowest BCUT2D eigenvalue weighted by Gasteiger charge is -2.10. The van der Waals surface area contributed by atoms with Crippen LogP contribution in [0.3, 0.4) is 0 Å². The van der Waals surface area contributed by atoms with Gasteiger partial charge in [-0.05, 0) is 5.39 Å². The Hall–Kier alpha value is -2.05. The fourth-order valence-corrected chi connectivity index (χ4v) is 1.65. The molecule has 0 aliphatic rings. The van der Waals surface area contributed by atoms with Crippen molar-refractivity contribution < 1.29 is 0 Å². The molecule has 1 unspecified atom stereocenters.